The number of carbonyl (C=O) groups excluding carboxylic acids is 2. The Morgan fingerprint density at radius 3 is 2.89 bits per heavy atom. The first-order valence-corrected chi connectivity index (χ1v) is 7.13. The number of carbonyl (C=O) groups is 2. The molecule has 0 radical (unpaired) electrons. The summed E-state index contributed by atoms with van der Waals surface area (Å²) < 4.78 is 5.43. The second kappa shape index (κ2) is 5.28. The summed E-state index contributed by atoms with van der Waals surface area (Å²) in [5.41, 5.74) is -0.484. The molecule has 1 aliphatic rings. The second-order valence-corrected chi connectivity index (χ2v) is 6.59. The third kappa shape index (κ3) is 3.32. The number of rotatable bonds is 3. The van der Waals surface area contributed by atoms with Crippen molar-refractivity contribution >= 4 is 28.7 Å². The first-order chi connectivity index (χ1) is 8.90. The molecule has 2 rings (SSSR count). The van der Waals surface area contributed by atoms with Crippen molar-refractivity contribution < 1.29 is 14.3 Å². The van der Waals surface area contributed by atoms with Gasteiger partial charge in [0.25, 0.3) is 0 Å². The predicted molar refractivity (Wildman–Crippen MR) is 73.7 cm³/mol. The normalized spacial score (nSPS) is 19.5. The fraction of sp³-hybridized carbons (Fsp3) is 0.615. The van der Waals surface area contributed by atoms with Gasteiger partial charge in [0, 0.05) is 6.54 Å². The third-order valence-electron chi connectivity index (χ3n) is 2.80. The molecule has 0 unspecified atom stereocenters. The van der Waals surface area contributed by atoms with Crippen molar-refractivity contribution in [1.29, 1.82) is 0 Å². The molecule has 0 amide bonds. The largest absolute Gasteiger partial charge is 0.458 e. The van der Waals surface area contributed by atoms with E-state index >= 15 is 0 Å². The molecule has 2 heterocycles. The summed E-state index contributed by atoms with van der Waals surface area (Å²) in [5, 5.41) is 0.718. The van der Waals surface area contributed by atoms with Crippen molar-refractivity contribution in [2.45, 2.75) is 45.3 Å². The molecule has 0 saturated carbocycles. The minimum absolute atomic E-state index is 0.215. The van der Waals surface area contributed by atoms with Crippen LogP contribution in [0.3, 0.4) is 0 Å². The number of hydrogen-bond acceptors (Lipinski definition) is 6. The number of aldehydes is 1. The van der Waals surface area contributed by atoms with E-state index in [0.29, 0.717) is 4.88 Å². The molecule has 0 N–H and O–H groups in total. The number of thiazole rings is 1. The van der Waals surface area contributed by atoms with Gasteiger partial charge in [-0.25, -0.2) is 9.78 Å². The molecule has 1 saturated heterocycles. The van der Waals surface area contributed by atoms with Crippen LogP contribution in [-0.4, -0.2) is 35.4 Å². The van der Waals surface area contributed by atoms with Gasteiger partial charge in [-0.3, -0.25) is 4.79 Å². The van der Waals surface area contributed by atoms with Crippen LogP contribution in [0.4, 0.5) is 5.13 Å². The van der Waals surface area contributed by atoms with E-state index in [-0.39, 0.29) is 12.0 Å². The third-order valence-corrected chi connectivity index (χ3v) is 3.76. The summed E-state index contributed by atoms with van der Waals surface area (Å²) in [5.74, 6) is -0.215. The van der Waals surface area contributed by atoms with Crippen LogP contribution in [0.2, 0.25) is 0 Å². The van der Waals surface area contributed by atoms with E-state index in [1.54, 1.807) is 0 Å². The van der Waals surface area contributed by atoms with Crippen molar-refractivity contribution in [3.8, 4) is 0 Å². The molecule has 104 valence electrons. The lowest BCUT2D eigenvalue weighted by Gasteiger charge is -2.27. The molecular weight excluding hydrogens is 264 g/mol. The molecule has 1 aromatic heterocycles. The Morgan fingerprint density at radius 2 is 2.32 bits per heavy atom. The van der Waals surface area contributed by atoms with Gasteiger partial charge in [0.1, 0.15) is 11.6 Å². The maximum atomic E-state index is 12.2. The maximum absolute atomic E-state index is 12.2. The quantitative estimate of drug-likeness (QED) is 0.628. The van der Waals surface area contributed by atoms with Gasteiger partial charge in [0.05, 0.1) is 11.1 Å². The zero-order valence-corrected chi connectivity index (χ0v) is 12.2. The molecule has 1 aliphatic heterocycles. The van der Waals surface area contributed by atoms with E-state index in [0.717, 1.165) is 30.8 Å². The van der Waals surface area contributed by atoms with Gasteiger partial charge in [0.15, 0.2) is 11.4 Å². The van der Waals surface area contributed by atoms with Crippen LogP contribution < -0.4 is 4.90 Å². The molecule has 0 bridgehead atoms. The zero-order chi connectivity index (χ0) is 14.0. The summed E-state index contributed by atoms with van der Waals surface area (Å²) in [4.78, 5) is 29.6. The first kappa shape index (κ1) is 14.0. The molecule has 6 heteroatoms. The minimum atomic E-state index is -0.484. The average molecular weight is 282 g/mol. The van der Waals surface area contributed by atoms with Crippen molar-refractivity contribution in [3.63, 3.8) is 0 Å². The Kier molecular flexibility index (Phi) is 3.89. The van der Waals surface area contributed by atoms with E-state index in [1.807, 2.05) is 25.7 Å². The van der Waals surface area contributed by atoms with Crippen LogP contribution in [-0.2, 0) is 9.53 Å². The zero-order valence-electron chi connectivity index (χ0n) is 11.4. The highest BCUT2D eigenvalue weighted by molar-refractivity contribution is 7.17. The van der Waals surface area contributed by atoms with Crippen LogP contribution in [0.5, 0.6) is 0 Å². The van der Waals surface area contributed by atoms with Crippen LogP contribution in [0.1, 0.15) is 43.3 Å². The second-order valence-electron chi connectivity index (χ2n) is 5.55. The van der Waals surface area contributed by atoms with Gasteiger partial charge in [-0.1, -0.05) is 11.3 Å². The molecule has 19 heavy (non-hydrogen) atoms. The van der Waals surface area contributed by atoms with Crippen LogP contribution in [0.15, 0.2) is 6.20 Å². The van der Waals surface area contributed by atoms with Gasteiger partial charge >= 0.3 is 5.97 Å². The van der Waals surface area contributed by atoms with E-state index in [2.05, 4.69) is 4.98 Å². The van der Waals surface area contributed by atoms with E-state index < -0.39 is 5.60 Å². The SMILES string of the molecule is CC(C)(C)OC(=O)[C@@H]1CCCN1c1ncc(C=O)s1. The fourth-order valence-electron chi connectivity index (χ4n) is 2.07. The van der Waals surface area contributed by atoms with Gasteiger partial charge < -0.3 is 9.64 Å². The molecule has 0 aromatic carbocycles. The molecular formula is C13H18N2O3S. The number of hydrogen-bond donors (Lipinski definition) is 0. The molecule has 1 atom stereocenters. The highest BCUT2D eigenvalue weighted by atomic mass is 32.1. The number of nitrogens with zero attached hydrogens (tertiary/aromatic N) is 2. The number of esters is 1. The van der Waals surface area contributed by atoms with Crippen molar-refractivity contribution in [2.75, 3.05) is 11.4 Å². The lowest BCUT2D eigenvalue weighted by molar-refractivity contribution is -0.156. The number of ether oxygens (including phenoxy) is 1. The molecule has 0 aliphatic carbocycles. The summed E-state index contributed by atoms with van der Waals surface area (Å²) in [7, 11) is 0. The molecule has 1 aromatic rings. The number of anilines is 1. The molecule has 5 nitrogen and oxygen atoms in total. The summed E-state index contributed by atoms with van der Waals surface area (Å²) >= 11 is 1.31. The summed E-state index contributed by atoms with van der Waals surface area (Å²) in [6, 6.07) is -0.287. The Hall–Kier alpha value is -1.43. The van der Waals surface area contributed by atoms with Crippen LogP contribution in [0, 0.1) is 0 Å². The Labute approximate surface area is 116 Å². The lowest BCUT2D eigenvalue weighted by atomic mass is 10.1. The van der Waals surface area contributed by atoms with Crippen molar-refractivity contribution in [3.05, 3.63) is 11.1 Å². The lowest BCUT2D eigenvalue weighted by Crippen LogP contribution is -2.40. The molecule has 1 fully saturated rings. The van der Waals surface area contributed by atoms with Crippen LogP contribution in [0.25, 0.3) is 0 Å². The van der Waals surface area contributed by atoms with E-state index in [1.165, 1.54) is 17.5 Å². The van der Waals surface area contributed by atoms with Gasteiger partial charge in [-0.15, -0.1) is 0 Å². The van der Waals surface area contributed by atoms with Crippen molar-refractivity contribution in [2.24, 2.45) is 0 Å². The number of aromatic nitrogens is 1. The van der Waals surface area contributed by atoms with Gasteiger partial charge in [0.2, 0.25) is 0 Å². The highest BCUT2D eigenvalue weighted by Crippen LogP contribution is 2.30. The van der Waals surface area contributed by atoms with Gasteiger partial charge in [-0.2, -0.15) is 0 Å². The van der Waals surface area contributed by atoms with Crippen molar-refractivity contribution in [1.82, 2.24) is 4.98 Å². The predicted octanol–water partition coefficient (Wildman–Crippen LogP) is 2.27. The monoisotopic (exact) mass is 282 g/mol. The minimum Gasteiger partial charge on any atom is -0.458 e. The Morgan fingerprint density at radius 1 is 1.58 bits per heavy atom. The van der Waals surface area contributed by atoms with Crippen LogP contribution >= 0.6 is 11.3 Å². The fourth-order valence-corrected chi connectivity index (χ4v) is 2.88. The standard InChI is InChI=1S/C13H18N2O3S/c1-13(2,3)18-11(17)10-5-4-6-15(10)12-14-7-9(8-16)19-12/h7-8,10H,4-6H2,1-3H3/t10-/m0/s1. The maximum Gasteiger partial charge on any atom is 0.329 e. The van der Waals surface area contributed by atoms with E-state index in [9.17, 15) is 9.59 Å². The Bertz CT molecular complexity index is 478. The first-order valence-electron chi connectivity index (χ1n) is 6.31. The highest BCUT2D eigenvalue weighted by Gasteiger charge is 2.35. The molecule has 0 spiro atoms. The Balaban J connectivity index is 2.12. The summed E-state index contributed by atoms with van der Waals surface area (Å²) in [6.07, 6.45) is 4.02. The summed E-state index contributed by atoms with van der Waals surface area (Å²) in [6.45, 7) is 6.35. The smallest absolute Gasteiger partial charge is 0.329 e. The van der Waals surface area contributed by atoms with E-state index in [4.69, 9.17) is 4.74 Å². The van der Waals surface area contributed by atoms with Gasteiger partial charge in [-0.05, 0) is 33.6 Å². The average Bonchev–Trinajstić information content (AvgIpc) is 2.95. The topological polar surface area (TPSA) is 59.5 Å².